The maximum absolute atomic E-state index is 14.4. The van der Waals surface area contributed by atoms with Gasteiger partial charge in [0, 0.05) is 28.7 Å². The standard InChI is InChI=1S/C25H25N3O8S2/c1-9-21(2,3)14-12(36-9)8-13-23(35,15(14)29)17(31)24-20(33)28-18-22(34,10-6-4-5-7-11(10)26-18)16(30)25(28,38-37-24)19(32)27(13)24/h4-7,9,13,16-18,26,30-31,34-35H,8H2,1-3H3/t9-,13?,16+,17+,18+,22?,23?,24+,25+/m0/s1. The zero-order chi connectivity index (χ0) is 26.9. The Bertz CT molecular complexity index is 1450. The SMILES string of the molecule is C[C@@H]1OC2=C(C(=O)C3(O)C(C2)N2C(=O)[C@@]45SS[C@@]2(C(=O)N4[C@H]2Nc4ccccc4C2(O)[C@H]5O)[C@@H]3O)C1(C)C. The molecule has 11 nitrogen and oxygen atoms in total. The van der Waals surface area contributed by atoms with Crippen LogP contribution in [0, 0.1) is 5.41 Å². The van der Waals surface area contributed by atoms with Gasteiger partial charge in [0.25, 0.3) is 11.8 Å². The molecule has 9 rings (SSSR count). The molecule has 5 N–H and O–H groups in total. The summed E-state index contributed by atoms with van der Waals surface area (Å²) in [5.74, 6) is -1.95. The highest BCUT2D eigenvalue weighted by atomic mass is 33.1. The smallest absolute Gasteiger partial charge is 0.266 e. The van der Waals surface area contributed by atoms with Crippen molar-refractivity contribution in [1.82, 2.24) is 9.80 Å². The van der Waals surface area contributed by atoms with E-state index in [1.807, 2.05) is 20.8 Å². The number of benzene rings is 1. The number of nitrogens with one attached hydrogen (secondary N) is 1. The summed E-state index contributed by atoms with van der Waals surface area (Å²) >= 11 is 0. The quantitative estimate of drug-likeness (QED) is 0.263. The summed E-state index contributed by atoms with van der Waals surface area (Å²) < 4.78 is 6.00. The highest BCUT2D eigenvalue weighted by Crippen LogP contribution is 2.72. The van der Waals surface area contributed by atoms with E-state index in [9.17, 15) is 34.8 Å². The van der Waals surface area contributed by atoms with Crippen LogP contribution in [0.1, 0.15) is 32.8 Å². The molecule has 38 heavy (non-hydrogen) atoms. The van der Waals surface area contributed by atoms with Gasteiger partial charge in [0.2, 0.25) is 9.74 Å². The molecule has 2 amide bonds. The van der Waals surface area contributed by atoms with Crippen LogP contribution in [-0.4, -0.2) is 93.7 Å². The first-order valence-electron chi connectivity index (χ1n) is 12.5. The molecule has 9 atom stereocenters. The van der Waals surface area contributed by atoms with Crippen molar-refractivity contribution in [3.63, 3.8) is 0 Å². The lowest BCUT2D eigenvalue weighted by molar-refractivity contribution is -0.171. The second kappa shape index (κ2) is 6.37. The molecule has 2 bridgehead atoms. The van der Waals surface area contributed by atoms with Crippen LogP contribution in [0.4, 0.5) is 5.69 Å². The molecule has 3 unspecified atom stereocenters. The van der Waals surface area contributed by atoms with E-state index in [1.54, 1.807) is 24.3 Å². The predicted octanol–water partition coefficient (Wildman–Crippen LogP) is -0.395. The zero-order valence-corrected chi connectivity index (χ0v) is 22.2. The topological polar surface area (TPSA) is 160 Å². The Morgan fingerprint density at radius 1 is 0.974 bits per heavy atom. The van der Waals surface area contributed by atoms with E-state index in [-0.39, 0.29) is 18.1 Å². The Labute approximate surface area is 224 Å². The number of aliphatic hydroxyl groups is 4. The molecule has 0 saturated carbocycles. The Hall–Kier alpha value is -2.29. The van der Waals surface area contributed by atoms with Crippen molar-refractivity contribution in [2.45, 2.75) is 78.7 Å². The molecule has 1 aromatic rings. The van der Waals surface area contributed by atoms with Crippen molar-refractivity contribution in [1.29, 1.82) is 0 Å². The Balaban J connectivity index is 1.31. The summed E-state index contributed by atoms with van der Waals surface area (Å²) in [4.78, 5) is 41.1. The summed E-state index contributed by atoms with van der Waals surface area (Å²) in [7, 11) is 1.72. The minimum Gasteiger partial charge on any atom is -0.494 e. The second-order valence-corrected chi connectivity index (χ2v) is 14.4. The number of nitrogens with zero attached hydrogens (tertiary/aromatic N) is 2. The van der Waals surface area contributed by atoms with E-state index in [4.69, 9.17) is 4.74 Å². The maximum atomic E-state index is 14.4. The Morgan fingerprint density at radius 3 is 2.29 bits per heavy atom. The molecular formula is C25H25N3O8S2. The summed E-state index contributed by atoms with van der Waals surface area (Å²) in [5, 5.41) is 50.5. The highest BCUT2D eigenvalue weighted by molar-refractivity contribution is 8.78. The summed E-state index contributed by atoms with van der Waals surface area (Å²) in [6.45, 7) is 5.44. The monoisotopic (exact) mass is 559 g/mol. The first kappa shape index (κ1) is 23.6. The first-order chi connectivity index (χ1) is 17.8. The highest BCUT2D eigenvalue weighted by Gasteiger charge is 2.89. The number of anilines is 1. The van der Waals surface area contributed by atoms with Gasteiger partial charge in [-0.05, 0) is 34.6 Å². The number of hydrogen-bond donors (Lipinski definition) is 5. The average molecular weight is 560 g/mol. The number of Topliss-reactive ketones (excluding diaryl/α,β-unsaturated/α-hetero) is 1. The number of ketones is 1. The van der Waals surface area contributed by atoms with Crippen molar-refractivity contribution in [2.75, 3.05) is 5.32 Å². The van der Waals surface area contributed by atoms with Crippen molar-refractivity contribution >= 4 is 44.9 Å². The molecule has 1 aliphatic carbocycles. The van der Waals surface area contributed by atoms with E-state index in [1.165, 1.54) is 0 Å². The van der Waals surface area contributed by atoms with Gasteiger partial charge in [-0.15, -0.1) is 0 Å². The molecule has 0 aromatic heterocycles. The third kappa shape index (κ3) is 1.96. The molecule has 5 saturated heterocycles. The molecule has 7 aliphatic heterocycles. The van der Waals surface area contributed by atoms with Gasteiger partial charge in [-0.3, -0.25) is 19.3 Å². The minimum absolute atomic E-state index is 0.0741. The predicted molar refractivity (Wildman–Crippen MR) is 134 cm³/mol. The minimum atomic E-state index is -2.46. The van der Waals surface area contributed by atoms with Gasteiger partial charge < -0.3 is 35.4 Å². The lowest BCUT2D eigenvalue weighted by Gasteiger charge is -2.58. The van der Waals surface area contributed by atoms with Gasteiger partial charge >= 0.3 is 0 Å². The van der Waals surface area contributed by atoms with Gasteiger partial charge in [-0.2, -0.15) is 0 Å². The lowest BCUT2D eigenvalue weighted by atomic mass is 9.68. The molecule has 1 aromatic carbocycles. The lowest BCUT2D eigenvalue weighted by Crippen LogP contribution is -2.79. The normalized spacial score (nSPS) is 48.8. The van der Waals surface area contributed by atoms with E-state index in [0.717, 1.165) is 31.4 Å². The maximum Gasteiger partial charge on any atom is 0.266 e. The molecule has 200 valence electrons. The fraction of sp³-hybridized carbons (Fsp3) is 0.560. The molecule has 7 heterocycles. The van der Waals surface area contributed by atoms with Gasteiger partial charge in [0.1, 0.15) is 30.2 Å². The number of carbonyl (C=O) groups excluding carboxylic acids is 3. The van der Waals surface area contributed by atoms with E-state index >= 15 is 0 Å². The van der Waals surface area contributed by atoms with E-state index in [2.05, 4.69) is 5.32 Å². The van der Waals surface area contributed by atoms with Crippen LogP contribution in [0.5, 0.6) is 0 Å². The summed E-state index contributed by atoms with van der Waals surface area (Å²) in [6, 6.07) is 5.46. The van der Waals surface area contributed by atoms with Gasteiger partial charge in [0.05, 0.1) is 6.04 Å². The largest absolute Gasteiger partial charge is 0.494 e. The average Bonchev–Trinajstić information content (AvgIpc) is 3.44. The Morgan fingerprint density at radius 2 is 1.58 bits per heavy atom. The van der Waals surface area contributed by atoms with Crippen molar-refractivity contribution < 1.29 is 39.5 Å². The van der Waals surface area contributed by atoms with E-state index in [0.29, 0.717) is 17.0 Å². The summed E-state index contributed by atoms with van der Waals surface area (Å²) in [5.41, 5.74) is -4.11. The summed E-state index contributed by atoms with van der Waals surface area (Å²) in [6.07, 6.45) is -5.36. The molecule has 8 aliphatic rings. The number of para-hydroxylation sites is 1. The zero-order valence-electron chi connectivity index (χ0n) is 20.5. The van der Waals surface area contributed by atoms with Crippen LogP contribution < -0.4 is 5.32 Å². The van der Waals surface area contributed by atoms with Crippen molar-refractivity contribution in [3.05, 3.63) is 41.2 Å². The van der Waals surface area contributed by atoms with Crippen LogP contribution in [0.3, 0.4) is 0 Å². The van der Waals surface area contributed by atoms with Gasteiger partial charge in [-0.25, -0.2) is 0 Å². The first-order valence-corrected chi connectivity index (χ1v) is 14.6. The number of ether oxygens (including phenoxy) is 1. The van der Waals surface area contributed by atoms with Crippen LogP contribution in [0.15, 0.2) is 35.6 Å². The number of aliphatic hydroxyl groups excluding tert-OH is 2. The van der Waals surface area contributed by atoms with Crippen LogP contribution in [0.25, 0.3) is 0 Å². The van der Waals surface area contributed by atoms with E-state index < -0.39 is 68.4 Å². The van der Waals surface area contributed by atoms with Crippen LogP contribution in [-0.2, 0) is 24.7 Å². The molecule has 2 spiro atoms. The van der Waals surface area contributed by atoms with Crippen molar-refractivity contribution in [3.8, 4) is 0 Å². The number of fused-ring (bicyclic) bond motifs is 5. The van der Waals surface area contributed by atoms with Crippen LogP contribution >= 0.6 is 21.6 Å². The fourth-order valence-corrected chi connectivity index (χ4v) is 11.7. The van der Waals surface area contributed by atoms with Gasteiger partial charge in [-0.1, -0.05) is 32.0 Å². The van der Waals surface area contributed by atoms with Gasteiger partial charge in [0.15, 0.2) is 17.0 Å². The number of carbonyl (C=O) groups is 3. The molecule has 5 fully saturated rings. The molecule has 0 radical (unpaired) electrons. The number of rotatable bonds is 0. The number of piperazine rings is 1. The van der Waals surface area contributed by atoms with Crippen molar-refractivity contribution in [2.24, 2.45) is 5.41 Å². The molecular weight excluding hydrogens is 534 g/mol. The third-order valence-electron chi connectivity index (χ3n) is 10.0. The second-order valence-electron chi connectivity index (χ2n) is 11.8. The number of amides is 2. The Kier molecular flexibility index (Phi) is 3.95. The number of hydrogen-bond acceptors (Lipinski definition) is 11. The molecule has 13 heteroatoms. The van der Waals surface area contributed by atoms with Crippen LogP contribution in [0.2, 0.25) is 0 Å². The fourth-order valence-electron chi connectivity index (χ4n) is 7.75. The third-order valence-corrected chi connectivity index (χ3v) is 13.6.